The van der Waals surface area contributed by atoms with E-state index in [0.717, 1.165) is 18.4 Å². The lowest BCUT2D eigenvalue weighted by Crippen LogP contribution is -2.36. The molecule has 14 heavy (non-hydrogen) atoms. The Bertz CT molecular complexity index is 194. The molecule has 2 unspecified atom stereocenters. The summed E-state index contributed by atoms with van der Waals surface area (Å²) in [5.74, 6) is 0. The van der Waals surface area contributed by atoms with E-state index in [1.807, 2.05) is 6.92 Å². The van der Waals surface area contributed by atoms with Gasteiger partial charge >= 0.3 is 0 Å². The molecule has 0 spiro atoms. The Labute approximate surface area is 91.4 Å². The molecule has 1 aliphatic carbocycles. The zero-order chi connectivity index (χ0) is 10.4. The summed E-state index contributed by atoms with van der Waals surface area (Å²) >= 11 is 5.57. The van der Waals surface area contributed by atoms with Crippen molar-refractivity contribution in [3.8, 4) is 0 Å². The number of hydrogen-bond donors (Lipinski definition) is 1. The van der Waals surface area contributed by atoms with Gasteiger partial charge in [0.25, 0.3) is 0 Å². The lowest BCUT2D eigenvalue weighted by molar-refractivity contribution is 0.0460. The van der Waals surface area contributed by atoms with Gasteiger partial charge < -0.3 is 10.5 Å². The standard InChI is InChI=1S/C11H20ClNO/c1-9(7-12)8-14-11-6-4-2-3-5-10(11)13/h7,10-11H,2-6,8,13H2,1H3/b9-7+. The van der Waals surface area contributed by atoms with Gasteiger partial charge in [0.05, 0.1) is 12.7 Å². The summed E-state index contributed by atoms with van der Waals surface area (Å²) in [6.07, 6.45) is 6.18. The normalized spacial score (nSPS) is 30.1. The number of rotatable bonds is 3. The van der Waals surface area contributed by atoms with Crippen LogP contribution in [-0.4, -0.2) is 18.8 Å². The molecular formula is C11H20ClNO. The molecular weight excluding hydrogens is 198 g/mol. The highest BCUT2D eigenvalue weighted by atomic mass is 35.5. The van der Waals surface area contributed by atoms with Gasteiger partial charge in [-0.3, -0.25) is 0 Å². The summed E-state index contributed by atoms with van der Waals surface area (Å²) in [6, 6.07) is 0.209. The molecule has 0 amide bonds. The van der Waals surface area contributed by atoms with Crippen molar-refractivity contribution < 1.29 is 4.74 Å². The topological polar surface area (TPSA) is 35.2 Å². The summed E-state index contributed by atoms with van der Waals surface area (Å²) in [4.78, 5) is 0. The second-order valence-electron chi connectivity index (χ2n) is 4.11. The predicted molar refractivity (Wildman–Crippen MR) is 60.4 cm³/mol. The highest BCUT2D eigenvalue weighted by Gasteiger charge is 2.20. The Morgan fingerprint density at radius 3 is 2.86 bits per heavy atom. The van der Waals surface area contributed by atoms with Gasteiger partial charge in [0.1, 0.15) is 0 Å². The van der Waals surface area contributed by atoms with Crippen molar-refractivity contribution in [1.82, 2.24) is 0 Å². The Morgan fingerprint density at radius 1 is 1.43 bits per heavy atom. The first kappa shape index (κ1) is 12.0. The molecule has 2 N–H and O–H groups in total. The zero-order valence-electron chi connectivity index (χ0n) is 8.84. The third kappa shape index (κ3) is 3.99. The summed E-state index contributed by atoms with van der Waals surface area (Å²) in [5, 5.41) is 0. The first-order valence-electron chi connectivity index (χ1n) is 5.37. The van der Waals surface area contributed by atoms with Crippen LogP contribution < -0.4 is 5.73 Å². The van der Waals surface area contributed by atoms with Crippen LogP contribution in [0.1, 0.15) is 39.0 Å². The maximum atomic E-state index is 6.03. The van der Waals surface area contributed by atoms with E-state index in [9.17, 15) is 0 Å². The van der Waals surface area contributed by atoms with Crippen LogP contribution in [0.3, 0.4) is 0 Å². The van der Waals surface area contributed by atoms with Crippen LogP contribution in [0.4, 0.5) is 0 Å². The second-order valence-corrected chi connectivity index (χ2v) is 4.33. The molecule has 2 nitrogen and oxygen atoms in total. The van der Waals surface area contributed by atoms with Gasteiger partial charge in [0, 0.05) is 11.6 Å². The van der Waals surface area contributed by atoms with Crippen LogP contribution >= 0.6 is 11.6 Å². The maximum Gasteiger partial charge on any atom is 0.0730 e. The molecule has 1 rings (SSSR count). The van der Waals surface area contributed by atoms with E-state index in [2.05, 4.69) is 0 Å². The van der Waals surface area contributed by atoms with Crippen molar-refractivity contribution in [3.63, 3.8) is 0 Å². The third-order valence-corrected chi connectivity index (χ3v) is 3.09. The molecule has 1 saturated carbocycles. The predicted octanol–water partition coefficient (Wildman–Crippen LogP) is 2.81. The Kier molecular flexibility index (Phi) is 5.53. The van der Waals surface area contributed by atoms with Crippen LogP contribution in [-0.2, 0) is 4.74 Å². The molecule has 0 aromatic carbocycles. The van der Waals surface area contributed by atoms with E-state index in [1.54, 1.807) is 5.54 Å². The van der Waals surface area contributed by atoms with Crippen molar-refractivity contribution in [2.45, 2.75) is 51.2 Å². The summed E-state index contributed by atoms with van der Waals surface area (Å²) in [5.41, 5.74) is 8.66. The fraction of sp³-hybridized carbons (Fsp3) is 0.818. The van der Waals surface area contributed by atoms with Crippen molar-refractivity contribution in [2.75, 3.05) is 6.61 Å². The van der Waals surface area contributed by atoms with Crippen molar-refractivity contribution in [3.05, 3.63) is 11.1 Å². The number of nitrogens with two attached hydrogens (primary N) is 1. The van der Waals surface area contributed by atoms with Crippen molar-refractivity contribution in [1.29, 1.82) is 0 Å². The van der Waals surface area contributed by atoms with Crippen LogP contribution in [0, 0.1) is 0 Å². The highest BCUT2D eigenvalue weighted by Crippen LogP contribution is 2.19. The van der Waals surface area contributed by atoms with Crippen molar-refractivity contribution in [2.24, 2.45) is 5.73 Å². The number of hydrogen-bond acceptors (Lipinski definition) is 2. The molecule has 0 radical (unpaired) electrons. The first-order valence-corrected chi connectivity index (χ1v) is 5.80. The minimum absolute atomic E-state index is 0.209. The van der Waals surface area contributed by atoms with Crippen LogP contribution in [0.2, 0.25) is 0 Å². The number of ether oxygens (including phenoxy) is 1. The molecule has 0 aromatic rings. The summed E-state index contributed by atoms with van der Waals surface area (Å²) in [6.45, 7) is 2.58. The summed E-state index contributed by atoms with van der Waals surface area (Å²) in [7, 11) is 0. The minimum Gasteiger partial charge on any atom is -0.372 e. The molecule has 0 heterocycles. The second kappa shape index (κ2) is 6.44. The lowest BCUT2D eigenvalue weighted by Gasteiger charge is -2.21. The SMILES string of the molecule is C/C(=C\Cl)COC1CCCCCC1N. The van der Waals surface area contributed by atoms with Gasteiger partial charge in [0.2, 0.25) is 0 Å². The molecule has 0 bridgehead atoms. The monoisotopic (exact) mass is 217 g/mol. The van der Waals surface area contributed by atoms with Crippen LogP contribution in [0.5, 0.6) is 0 Å². The van der Waals surface area contributed by atoms with E-state index in [0.29, 0.717) is 6.61 Å². The summed E-state index contributed by atoms with van der Waals surface area (Å²) < 4.78 is 5.75. The van der Waals surface area contributed by atoms with Crippen LogP contribution in [0.15, 0.2) is 11.1 Å². The van der Waals surface area contributed by atoms with E-state index in [4.69, 9.17) is 22.1 Å². The van der Waals surface area contributed by atoms with E-state index >= 15 is 0 Å². The quantitative estimate of drug-likeness (QED) is 0.738. The molecule has 0 saturated heterocycles. The smallest absolute Gasteiger partial charge is 0.0730 e. The van der Waals surface area contributed by atoms with E-state index in [1.165, 1.54) is 19.3 Å². The molecule has 1 aliphatic rings. The minimum atomic E-state index is 0.209. The average molecular weight is 218 g/mol. The highest BCUT2D eigenvalue weighted by molar-refractivity contribution is 6.25. The molecule has 82 valence electrons. The van der Waals surface area contributed by atoms with Gasteiger partial charge in [-0.1, -0.05) is 30.9 Å². The maximum absolute atomic E-state index is 6.03. The van der Waals surface area contributed by atoms with E-state index in [-0.39, 0.29) is 12.1 Å². The molecule has 0 aliphatic heterocycles. The van der Waals surface area contributed by atoms with Crippen LogP contribution in [0.25, 0.3) is 0 Å². The fourth-order valence-electron chi connectivity index (χ4n) is 1.78. The van der Waals surface area contributed by atoms with E-state index < -0.39 is 0 Å². The van der Waals surface area contributed by atoms with Gasteiger partial charge in [-0.25, -0.2) is 0 Å². The Hall–Kier alpha value is -0.0500. The van der Waals surface area contributed by atoms with Gasteiger partial charge in [0.15, 0.2) is 0 Å². The average Bonchev–Trinajstić information content (AvgIpc) is 2.39. The lowest BCUT2D eigenvalue weighted by atomic mass is 10.1. The fourth-order valence-corrected chi connectivity index (χ4v) is 1.84. The van der Waals surface area contributed by atoms with Gasteiger partial charge in [-0.05, 0) is 25.3 Å². The van der Waals surface area contributed by atoms with Crippen molar-refractivity contribution >= 4 is 11.6 Å². The molecule has 0 aromatic heterocycles. The molecule has 1 fully saturated rings. The van der Waals surface area contributed by atoms with Gasteiger partial charge in [-0.15, -0.1) is 0 Å². The molecule has 2 atom stereocenters. The Balaban J connectivity index is 2.33. The third-order valence-electron chi connectivity index (χ3n) is 2.71. The number of halogens is 1. The largest absolute Gasteiger partial charge is 0.372 e. The zero-order valence-corrected chi connectivity index (χ0v) is 9.59. The Morgan fingerprint density at radius 2 is 2.14 bits per heavy atom. The van der Waals surface area contributed by atoms with Gasteiger partial charge in [-0.2, -0.15) is 0 Å². The molecule has 3 heteroatoms. The first-order chi connectivity index (χ1) is 6.74.